The molecule has 0 bridgehead atoms. The van der Waals surface area contributed by atoms with Crippen LogP contribution in [-0.2, 0) is 6.54 Å². The Hall–Kier alpha value is -1.10. The summed E-state index contributed by atoms with van der Waals surface area (Å²) >= 11 is 6.31. The second-order valence-electron chi connectivity index (χ2n) is 7.72. The van der Waals surface area contributed by atoms with E-state index in [-0.39, 0.29) is 5.91 Å². The highest BCUT2D eigenvalue weighted by Crippen LogP contribution is 2.58. The third kappa shape index (κ3) is 3.76. The molecule has 3 rings (SSSR count). The van der Waals surface area contributed by atoms with Gasteiger partial charge in [-0.25, -0.2) is 0 Å². The number of carbonyl (C=O) groups is 1. The molecule has 1 N–H and O–H groups in total. The molecule has 1 aliphatic heterocycles. The van der Waals surface area contributed by atoms with Gasteiger partial charge in [-0.1, -0.05) is 17.7 Å². The standard InChI is InChI=1S/C19H28ClN3O/c1-22(2)18(24)16-5-4-14(10-17(16)20)12-23(3)13-15-11-19(15)6-8-21-9-7-19/h4-5,10,15,21H,6-9,11-13H2,1-3H3. The molecule has 1 amide bonds. The Morgan fingerprint density at radius 3 is 2.62 bits per heavy atom. The highest BCUT2D eigenvalue weighted by atomic mass is 35.5. The van der Waals surface area contributed by atoms with Crippen molar-refractivity contribution in [3.05, 3.63) is 34.3 Å². The van der Waals surface area contributed by atoms with E-state index in [4.69, 9.17) is 11.6 Å². The number of benzene rings is 1. The molecule has 0 radical (unpaired) electrons. The molecular weight excluding hydrogens is 322 g/mol. The van der Waals surface area contributed by atoms with Gasteiger partial charge in [-0.3, -0.25) is 4.79 Å². The van der Waals surface area contributed by atoms with Gasteiger partial charge in [-0.05, 0) is 68.4 Å². The number of carbonyl (C=O) groups excluding carboxylic acids is 1. The maximum atomic E-state index is 12.1. The molecule has 0 aromatic heterocycles. The quantitative estimate of drug-likeness (QED) is 0.887. The predicted octanol–water partition coefficient (Wildman–Crippen LogP) is 2.86. The lowest BCUT2D eigenvalue weighted by Gasteiger charge is -2.25. The number of rotatable bonds is 5. The maximum Gasteiger partial charge on any atom is 0.254 e. The molecule has 1 atom stereocenters. The molecule has 2 fully saturated rings. The SMILES string of the molecule is CN(Cc1ccc(C(=O)N(C)C)c(Cl)c1)CC1CC12CCNCC2. The van der Waals surface area contributed by atoms with Crippen LogP contribution in [0.2, 0.25) is 5.02 Å². The van der Waals surface area contributed by atoms with Crippen molar-refractivity contribution < 1.29 is 4.79 Å². The van der Waals surface area contributed by atoms with Crippen molar-refractivity contribution >= 4 is 17.5 Å². The summed E-state index contributed by atoms with van der Waals surface area (Å²) in [4.78, 5) is 16.0. The molecular formula is C19H28ClN3O. The summed E-state index contributed by atoms with van der Waals surface area (Å²) in [6.07, 6.45) is 4.05. The van der Waals surface area contributed by atoms with Crippen molar-refractivity contribution in [1.82, 2.24) is 15.1 Å². The molecule has 1 aromatic rings. The summed E-state index contributed by atoms with van der Waals surface area (Å²) in [5.41, 5.74) is 2.36. The molecule has 1 spiro atoms. The largest absolute Gasteiger partial charge is 0.345 e. The summed E-state index contributed by atoms with van der Waals surface area (Å²) in [5.74, 6) is 0.792. The number of nitrogens with zero attached hydrogens (tertiary/aromatic N) is 2. The zero-order chi connectivity index (χ0) is 17.3. The van der Waals surface area contributed by atoms with Crippen molar-refractivity contribution in [3.63, 3.8) is 0 Å². The van der Waals surface area contributed by atoms with Gasteiger partial charge in [0.2, 0.25) is 0 Å². The number of halogens is 1. The number of amides is 1. The van der Waals surface area contributed by atoms with Crippen LogP contribution in [0.25, 0.3) is 0 Å². The Morgan fingerprint density at radius 1 is 1.29 bits per heavy atom. The van der Waals surface area contributed by atoms with Crippen molar-refractivity contribution in [2.45, 2.75) is 25.8 Å². The molecule has 1 aromatic carbocycles. The summed E-state index contributed by atoms with van der Waals surface area (Å²) in [5, 5.41) is 4.01. The van der Waals surface area contributed by atoms with E-state index >= 15 is 0 Å². The number of hydrogen-bond donors (Lipinski definition) is 1. The summed E-state index contributed by atoms with van der Waals surface area (Å²) in [7, 11) is 5.67. The van der Waals surface area contributed by atoms with Gasteiger partial charge < -0.3 is 15.1 Å². The van der Waals surface area contributed by atoms with Gasteiger partial charge in [-0.2, -0.15) is 0 Å². The fourth-order valence-corrected chi connectivity index (χ4v) is 4.33. The lowest BCUT2D eigenvalue weighted by atomic mass is 9.92. The number of hydrogen-bond acceptors (Lipinski definition) is 3. The van der Waals surface area contributed by atoms with Crippen LogP contribution in [0.5, 0.6) is 0 Å². The van der Waals surface area contributed by atoms with Crippen LogP contribution in [0.3, 0.4) is 0 Å². The highest BCUT2D eigenvalue weighted by molar-refractivity contribution is 6.33. The summed E-state index contributed by atoms with van der Waals surface area (Å²) < 4.78 is 0. The van der Waals surface area contributed by atoms with Gasteiger partial charge in [0.25, 0.3) is 5.91 Å². The first-order valence-corrected chi connectivity index (χ1v) is 9.18. The lowest BCUT2D eigenvalue weighted by molar-refractivity contribution is 0.0828. The Kier molecular flexibility index (Phi) is 5.19. The predicted molar refractivity (Wildman–Crippen MR) is 98.4 cm³/mol. The van der Waals surface area contributed by atoms with Gasteiger partial charge in [0.1, 0.15) is 0 Å². The maximum absolute atomic E-state index is 12.1. The highest BCUT2D eigenvalue weighted by Gasteiger charge is 2.53. The molecule has 5 heteroatoms. The molecule has 1 saturated heterocycles. The normalized spacial score (nSPS) is 22.0. The van der Waals surface area contributed by atoms with Crippen molar-refractivity contribution in [2.75, 3.05) is 40.8 Å². The zero-order valence-corrected chi connectivity index (χ0v) is 15.7. The molecule has 4 nitrogen and oxygen atoms in total. The van der Waals surface area contributed by atoms with Crippen molar-refractivity contribution in [2.24, 2.45) is 11.3 Å². The average Bonchev–Trinajstić information content (AvgIpc) is 3.18. The van der Waals surface area contributed by atoms with E-state index in [1.165, 1.54) is 32.4 Å². The minimum atomic E-state index is -0.0502. The van der Waals surface area contributed by atoms with E-state index in [9.17, 15) is 4.79 Å². The summed E-state index contributed by atoms with van der Waals surface area (Å²) in [6, 6.07) is 5.80. The molecule has 24 heavy (non-hydrogen) atoms. The second-order valence-corrected chi connectivity index (χ2v) is 8.13. The Morgan fingerprint density at radius 2 is 2.00 bits per heavy atom. The van der Waals surface area contributed by atoms with E-state index in [2.05, 4.69) is 17.3 Å². The molecule has 1 unspecified atom stereocenters. The minimum absolute atomic E-state index is 0.0502. The molecule has 1 aliphatic carbocycles. The minimum Gasteiger partial charge on any atom is -0.345 e. The van der Waals surface area contributed by atoms with E-state index in [1.807, 2.05) is 18.2 Å². The van der Waals surface area contributed by atoms with E-state index in [0.29, 0.717) is 16.0 Å². The van der Waals surface area contributed by atoms with E-state index in [1.54, 1.807) is 19.0 Å². The van der Waals surface area contributed by atoms with E-state index < -0.39 is 0 Å². The molecule has 132 valence electrons. The van der Waals surface area contributed by atoms with Crippen LogP contribution in [0.4, 0.5) is 0 Å². The van der Waals surface area contributed by atoms with Crippen LogP contribution in [0.15, 0.2) is 18.2 Å². The third-order valence-corrected chi connectivity index (χ3v) is 5.93. The molecule has 1 heterocycles. The van der Waals surface area contributed by atoms with Crippen molar-refractivity contribution in [3.8, 4) is 0 Å². The van der Waals surface area contributed by atoms with Crippen LogP contribution in [0, 0.1) is 11.3 Å². The summed E-state index contributed by atoms with van der Waals surface area (Å²) in [6.45, 7) is 4.38. The first-order valence-electron chi connectivity index (χ1n) is 8.81. The smallest absolute Gasteiger partial charge is 0.254 e. The second kappa shape index (κ2) is 7.03. The molecule has 2 aliphatic rings. The van der Waals surface area contributed by atoms with E-state index in [0.717, 1.165) is 24.6 Å². The average molecular weight is 350 g/mol. The van der Waals surface area contributed by atoms with Gasteiger partial charge in [-0.15, -0.1) is 0 Å². The Bertz CT molecular complexity index is 611. The number of nitrogens with one attached hydrogen (secondary N) is 1. The first kappa shape index (κ1) is 17.7. The number of piperidine rings is 1. The van der Waals surface area contributed by atoms with Crippen LogP contribution in [0.1, 0.15) is 35.2 Å². The van der Waals surface area contributed by atoms with Crippen molar-refractivity contribution in [1.29, 1.82) is 0 Å². The zero-order valence-electron chi connectivity index (χ0n) is 14.9. The van der Waals surface area contributed by atoms with Crippen LogP contribution >= 0.6 is 11.6 Å². The fourth-order valence-electron chi connectivity index (χ4n) is 4.05. The van der Waals surface area contributed by atoms with Gasteiger partial charge in [0.05, 0.1) is 10.6 Å². The topological polar surface area (TPSA) is 35.6 Å². The van der Waals surface area contributed by atoms with Crippen LogP contribution in [-0.4, -0.2) is 56.5 Å². The molecule has 1 saturated carbocycles. The van der Waals surface area contributed by atoms with Gasteiger partial charge >= 0.3 is 0 Å². The van der Waals surface area contributed by atoms with Gasteiger partial charge in [0.15, 0.2) is 0 Å². The Labute approximate surface area is 150 Å². The fraction of sp³-hybridized carbons (Fsp3) is 0.632. The Balaban J connectivity index is 1.56. The third-order valence-electron chi connectivity index (χ3n) is 5.61. The van der Waals surface area contributed by atoms with Crippen LogP contribution < -0.4 is 5.32 Å². The first-order chi connectivity index (χ1) is 11.4. The lowest BCUT2D eigenvalue weighted by Crippen LogP contribution is -2.31. The van der Waals surface area contributed by atoms with Gasteiger partial charge in [0, 0.05) is 27.2 Å². The monoisotopic (exact) mass is 349 g/mol.